The Hall–Kier alpha value is -3.32. The molecule has 32 heavy (non-hydrogen) atoms. The van der Waals surface area contributed by atoms with E-state index < -0.39 is 5.91 Å². The Balaban J connectivity index is 1.26. The van der Waals surface area contributed by atoms with E-state index in [1.807, 2.05) is 10.6 Å². The van der Waals surface area contributed by atoms with E-state index in [1.165, 1.54) is 24.2 Å². The lowest BCUT2D eigenvalue weighted by Gasteiger charge is -2.43. The lowest BCUT2D eigenvalue weighted by atomic mass is 9.83. The number of rotatable bonds is 6. The normalized spacial score (nSPS) is 19.9. The minimum Gasteiger partial charge on any atom is -0.316 e. The Kier molecular flexibility index (Phi) is 5.81. The molecule has 4 heterocycles. The highest BCUT2D eigenvalue weighted by Gasteiger charge is 2.34. The van der Waals surface area contributed by atoms with Crippen molar-refractivity contribution < 1.29 is 4.79 Å². The van der Waals surface area contributed by atoms with Gasteiger partial charge in [0.25, 0.3) is 11.5 Å². The van der Waals surface area contributed by atoms with Crippen LogP contribution in [0.3, 0.4) is 0 Å². The van der Waals surface area contributed by atoms with Crippen LogP contribution in [-0.2, 0) is 13.0 Å². The first kappa shape index (κ1) is 20.6. The summed E-state index contributed by atoms with van der Waals surface area (Å²) in [4.78, 5) is 36.0. The summed E-state index contributed by atoms with van der Waals surface area (Å²) in [7, 11) is 0. The summed E-state index contributed by atoms with van der Waals surface area (Å²) < 4.78 is 1.87. The monoisotopic (exact) mass is 429 g/mol. The highest BCUT2D eigenvalue weighted by Crippen LogP contribution is 2.35. The van der Waals surface area contributed by atoms with Gasteiger partial charge in [-0.05, 0) is 49.4 Å². The van der Waals surface area contributed by atoms with Gasteiger partial charge >= 0.3 is 0 Å². The zero-order valence-electron chi connectivity index (χ0n) is 18.0. The third-order valence-corrected chi connectivity index (χ3v) is 6.51. The molecule has 1 N–H and O–H groups in total. The smallest absolute Gasteiger partial charge is 0.276 e. The van der Waals surface area contributed by atoms with Crippen molar-refractivity contribution in [1.82, 2.24) is 19.4 Å². The van der Waals surface area contributed by atoms with Crippen molar-refractivity contribution >= 4 is 11.6 Å². The van der Waals surface area contributed by atoms with Gasteiger partial charge in [-0.25, -0.2) is 4.98 Å². The third-order valence-electron chi connectivity index (χ3n) is 6.51. The van der Waals surface area contributed by atoms with Crippen LogP contribution in [0.5, 0.6) is 0 Å². The van der Waals surface area contributed by atoms with E-state index in [-0.39, 0.29) is 11.3 Å². The predicted molar refractivity (Wildman–Crippen MR) is 123 cm³/mol. The first-order chi connectivity index (χ1) is 15.7. The third kappa shape index (κ3) is 4.34. The minimum absolute atomic E-state index is 0.132. The van der Waals surface area contributed by atoms with Crippen LogP contribution in [-0.4, -0.2) is 45.0 Å². The second-order valence-electron chi connectivity index (χ2n) is 8.78. The highest BCUT2D eigenvalue weighted by molar-refractivity contribution is 6.02. The van der Waals surface area contributed by atoms with E-state index in [9.17, 15) is 9.59 Å². The summed E-state index contributed by atoms with van der Waals surface area (Å²) in [6.45, 7) is 3.79. The number of nitrogens with zero attached hydrogens (tertiary/aromatic N) is 4. The Morgan fingerprint density at radius 3 is 2.75 bits per heavy atom. The molecule has 1 aromatic carbocycles. The maximum absolute atomic E-state index is 13.1. The van der Waals surface area contributed by atoms with Crippen LogP contribution >= 0.6 is 0 Å². The quantitative estimate of drug-likeness (QED) is 0.652. The second kappa shape index (κ2) is 9.04. The largest absolute Gasteiger partial charge is 0.316 e. The SMILES string of the molecule is O=C(Nc1ccc2n(c1=O)C[C@H]1C[C@@H]2CN(CCCc2ccccc2)C1)c1cnccn1. The summed E-state index contributed by atoms with van der Waals surface area (Å²) >= 11 is 0. The van der Waals surface area contributed by atoms with Gasteiger partial charge in [-0.1, -0.05) is 30.3 Å². The number of anilines is 1. The molecule has 1 fully saturated rings. The standard InChI is InChI=1S/C25H27N5O2/c31-24(22-14-26-10-11-27-22)28-21-8-9-23-20-13-19(16-30(23)25(21)32)15-29(17-20)12-4-7-18-5-2-1-3-6-18/h1-3,5-6,8-11,14,19-20H,4,7,12-13,15-17H2,(H,28,31)/t19-,20+/m0/s1. The van der Waals surface area contributed by atoms with Crippen LogP contribution in [0.15, 0.2) is 65.8 Å². The number of carbonyl (C=O) groups is 1. The maximum atomic E-state index is 13.1. The van der Waals surface area contributed by atoms with Crippen molar-refractivity contribution in [3.8, 4) is 0 Å². The molecule has 3 aromatic rings. The topological polar surface area (TPSA) is 80.1 Å². The molecule has 2 aromatic heterocycles. The van der Waals surface area contributed by atoms with Gasteiger partial charge in [-0.3, -0.25) is 14.6 Å². The molecule has 5 rings (SSSR count). The van der Waals surface area contributed by atoms with Crippen LogP contribution in [0.4, 0.5) is 5.69 Å². The first-order valence-electron chi connectivity index (χ1n) is 11.2. The molecule has 7 heteroatoms. The Morgan fingerprint density at radius 2 is 1.94 bits per heavy atom. The van der Waals surface area contributed by atoms with Gasteiger partial charge in [-0.2, -0.15) is 0 Å². The molecule has 2 aliphatic rings. The van der Waals surface area contributed by atoms with Crippen LogP contribution < -0.4 is 10.9 Å². The van der Waals surface area contributed by atoms with Gasteiger partial charge < -0.3 is 14.8 Å². The fourth-order valence-corrected chi connectivity index (χ4v) is 5.08. The number of piperidine rings is 1. The maximum Gasteiger partial charge on any atom is 0.276 e. The number of aryl methyl sites for hydroxylation is 1. The van der Waals surface area contributed by atoms with Gasteiger partial charge in [0.1, 0.15) is 11.4 Å². The molecule has 2 bridgehead atoms. The average molecular weight is 430 g/mol. The number of aromatic nitrogens is 3. The van der Waals surface area contributed by atoms with Crippen LogP contribution in [0.2, 0.25) is 0 Å². The second-order valence-corrected chi connectivity index (χ2v) is 8.78. The van der Waals surface area contributed by atoms with Crippen molar-refractivity contribution in [2.45, 2.75) is 31.7 Å². The lowest BCUT2D eigenvalue weighted by Crippen LogP contribution is -2.47. The van der Waals surface area contributed by atoms with E-state index in [0.29, 0.717) is 24.1 Å². The number of pyridine rings is 1. The average Bonchev–Trinajstić information content (AvgIpc) is 2.82. The van der Waals surface area contributed by atoms with Gasteiger partial charge in [0.2, 0.25) is 0 Å². The Bertz CT molecular complexity index is 1150. The zero-order valence-corrected chi connectivity index (χ0v) is 18.0. The van der Waals surface area contributed by atoms with Gasteiger partial charge in [0.15, 0.2) is 0 Å². The summed E-state index contributed by atoms with van der Waals surface area (Å²) in [5, 5.41) is 2.71. The molecule has 1 saturated heterocycles. The van der Waals surface area contributed by atoms with E-state index in [1.54, 1.807) is 6.07 Å². The number of hydrogen-bond donors (Lipinski definition) is 1. The molecule has 2 aliphatic heterocycles. The number of carbonyl (C=O) groups excluding carboxylic acids is 1. The number of likely N-dealkylation sites (tertiary alicyclic amines) is 1. The lowest BCUT2D eigenvalue weighted by molar-refractivity contribution is 0.102. The van der Waals surface area contributed by atoms with Crippen molar-refractivity contribution in [1.29, 1.82) is 0 Å². The number of benzene rings is 1. The van der Waals surface area contributed by atoms with Gasteiger partial charge in [-0.15, -0.1) is 0 Å². The predicted octanol–water partition coefficient (Wildman–Crippen LogP) is 2.94. The molecular formula is C25H27N5O2. The van der Waals surface area contributed by atoms with Crippen molar-refractivity contribution in [2.24, 2.45) is 5.92 Å². The molecular weight excluding hydrogens is 402 g/mol. The molecule has 1 amide bonds. The van der Waals surface area contributed by atoms with Gasteiger partial charge in [0.05, 0.1) is 6.20 Å². The molecule has 0 aliphatic carbocycles. The summed E-state index contributed by atoms with van der Waals surface area (Å²) in [6, 6.07) is 14.4. The number of hydrogen-bond acceptors (Lipinski definition) is 5. The van der Waals surface area contributed by atoms with E-state index >= 15 is 0 Å². The van der Waals surface area contributed by atoms with Crippen LogP contribution in [0.1, 0.15) is 40.5 Å². The van der Waals surface area contributed by atoms with E-state index in [2.05, 4.69) is 50.5 Å². The van der Waals surface area contributed by atoms with E-state index in [0.717, 1.165) is 44.6 Å². The molecule has 0 radical (unpaired) electrons. The number of fused-ring (bicyclic) bond motifs is 4. The zero-order chi connectivity index (χ0) is 21.9. The molecule has 0 spiro atoms. The molecule has 0 saturated carbocycles. The number of amides is 1. The fraction of sp³-hybridized carbons (Fsp3) is 0.360. The summed E-state index contributed by atoms with van der Waals surface area (Å²) in [5.74, 6) is 0.398. The Morgan fingerprint density at radius 1 is 1.06 bits per heavy atom. The summed E-state index contributed by atoms with van der Waals surface area (Å²) in [5.41, 5.74) is 2.82. The molecule has 164 valence electrons. The number of nitrogens with one attached hydrogen (secondary N) is 1. The van der Waals surface area contributed by atoms with E-state index in [4.69, 9.17) is 0 Å². The van der Waals surface area contributed by atoms with Crippen LogP contribution in [0, 0.1) is 5.92 Å². The fourth-order valence-electron chi connectivity index (χ4n) is 5.08. The molecule has 7 nitrogen and oxygen atoms in total. The molecule has 0 unspecified atom stereocenters. The summed E-state index contributed by atoms with van der Waals surface area (Å²) in [6.07, 6.45) is 7.72. The minimum atomic E-state index is -0.420. The van der Waals surface area contributed by atoms with Gasteiger partial charge in [0, 0.05) is 43.6 Å². The first-order valence-corrected chi connectivity index (χ1v) is 11.2. The Labute approximate surface area is 187 Å². The van der Waals surface area contributed by atoms with Crippen LogP contribution in [0.25, 0.3) is 0 Å². The van der Waals surface area contributed by atoms with Crippen molar-refractivity contribution in [3.63, 3.8) is 0 Å². The molecule has 2 atom stereocenters. The highest BCUT2D eigenvalue weighted by atomic mass is 16.2. The van der Waals surface area contributed by atoms with Crippen molar-refractivity contribution in [3.05, 3.63) is 88.4 Å². The van der Waals surface area contributed by atoms with Crippen molar-refractivity contribution in [2.75, 3.05) is 25.0 Å².